The molecular weight excluding hydrogens is 224 g/mol. The van der Waals surface area contributed by atoms with Gasteiger partial charge in [-0.2, -0.15) is 0 Å². The van der Waals surface area contributed by atoms with Crippen LogP contribution >= 0.6 is 0 Å². The van der Waals surface area contributed by atoms with Crippen LogP contribution in [0.4, 0.5) is 0 Å². The van der Waals surface area contributed by atoms with E-state index in [4.69, 9.17) is 9.84 Å². The molecule has 0 unspecified atom stereocenters. The number of phenolic OH excluding ortho intramolecular Hbond substituents is 1. The summed E-state index contributed by atoms with van der Waals surface area (Å²) in [5.74, 6) is -2.22. The van der Waals surface area contributed by atoms with Crippen molar-refractivity contribution in [1.29, 1.82) is 0 Å². The second-order valence-electron chi connectivity index (χ2n) is 3.57. The quantitative estimate of drug-likeness (QED) is 0.700. The van der Waals surface area contributed by atoms with Gasteiger partial charge >= 0.3 is 5.97 Å². The smallest absolute Gasteiger partial charge is 0.343 e. The van der Waals surface area contributed by atoms with Gasteiger partial charge in [-0.15, -0.1) is 0 Å². The van der Waals surface area contributed by atoms with E-state index in [0.717, 1.165) is 0 Å². The minimum absolute atomic E-state index is 0.118. The van der Waals surface area contributed by atoms with Crippen molar-refractivity contribution in [3.05, 3.63) is 16.7 Å². The van der Waals surface area contributed by atoms with E-state index < -0.39 is 11.7 Å². The number of rotatable bonds is 4. The van der Waals surface area contributed by atoms with Gasteiger partial charge in [0.25, 0.3) is 0 Å². The predicted molar refractivity (Wildman–Crippen MR) is 62.0 cm³/mol. The Morgan fingerprint density at radius 2 is 1.65 bits per heavy atom. The van der Waals surface area contributed by atoms with Crippen molar-refractivity contribution in [3.63, 3.8) is 0 Å². The highest BCUT2D eigenvalue weighted by atomic mass is 16.5. The van der Waals surface area contributed by atoms with Crippen LogP contribution in [-0.2, 0) is 12.8 Å². The van der Waals surface area contributed by atoms with Crippen molar-refractivity contribution in [2.75, 3.05) is 7.11 Å². The number of hydrogen-bond donors (Lipinski definition) is 3. The Kier molecular flexibility index (Phi) is 3.83. The normalized spacial score (nSPS) is 10.3. The minimum atomic E-state index is -1.33. The molecule has 17 heavy (non-hydrogen) atoms. The summed E-state index contributed by atoms with van der Waals surface area (Å²) in [5.41, 5.74) is 0.744. The second-order valence-corrected chi connectivity index (χ2v) is 3.57. The molecule has 1 rings (SSSR count). The molecule has 0 aliphatic carbocycles. The summed E-state index contributed by atoms with van der Waals surface area (Å²) in [5, 5.41) is 28.5. The molecule has 0 fully saturated rings. The number of aromatic carboxylic acids is 1. The second kappa shape index (κ2) is 4.95. The lowest BCUT2D eigenvalue weighted by Gasteiger charge is -2.17. The third kappa shape index (κ3) is 2.00. The Balaban J connectivity index is 3.74. The van der Waals surface area contributed by atoms with E-state index in [1.165, 1.54) is 7.11 Å². The van der Waals surface area contributed by atoms with Crippen molar-refractivity contribution in [2.24, 2.45) is 0 Å². The molecule has 5 heteroatoms. The zero-order valence-corrected chi connectivity index (χ0v) is 10.1. The van der Waals surface area contributed by atoms with Gasteiger partial charge in [0.15, 0.2) is 11.5 Å². The number of aromatic hydroxyl groups is 2. The average molecular weight is 240 g/mol. The molecule has 0 saturated heterocycles. The molecule has 0 bridgehead atoms. The summed E-state index contributed by atoms with van der Waals surface area (Å²) in [4.78, 5) is 11.1. The Hall–Kier alpha value is -1.91. The molecular formula is C12H16O5. The molecule has 0 amide bonds. The third-order valence-electron chi connectivity index (χ3n) is 2.74. The first kappa shape index (κ1) is 13.2. The molecule has 94 valence electrons. The zero-order valence-electron chi connectivity index (χ0n) is 10.1. The molecule has 0 spiro atoms. The van der Waals surface area contributed by atoms with Crippen molar-refractivity contribution in [1.82, 2.24) is 0 Å². The van der Waals surface area contributed by atoms with Crippen LogP contribution in [0.25, 0.3) is 0 Å². The van der Waals surface area contributed by atoms with Gasteiger partial charge in [-0.05, 0) is 12.8 Å². The standard InChI is InChI=1S/C12H16O5/c1-4-6-7(5-2)11(17-3)8(12(15)16)10(14)9(6)13/h13-14H,4-5H2,1-3H3,(H,15,16). The fourth-order valence-electron chi connectivity index (χ4n) is 1.98. The van der Waals surface area contributed by atoms with E-state index in [9.17, 15) is 15.0 Å². The number of ether oxygens (including phenoxy) is 1. The van der Waals surface area contributed by atoms with E-state index in [1.807, 2.05) is 13.8 Å². The Morgan fingerprint density at radius 3 is 2.00 bits per heavy atom. The topological polar surface area (TPSA) is 87.0 Å². The molecule has 0 heterocycles. The highest BCUT2D eigenvalue weighted by Crippen LogP contribution is 2.43. The maximum atomic E-state index is 11.1. The van der Waals surface area contributed by atoms with Gasteiger partial charge in [0.1, 0.15) is 11.3 Å². The van der Waals surface area contributed by atoms with Crippen LogP contribution in [0.15, 0.2) is 0 Å². The molecule has 5 nitrogen and oxygen atoms in total. The lowest BCUT2D eigenvalue weighted by Crippen LogP contribution is -2.07. The lowest BCUT2D eigenvalue weighted by atomic mass is 9.96. The van der Waals surface area contributed by atoms with Gasteiger partial charge < -0.3 is 20.1 Å². The maximum Gasteiger partial charge on any atom is 0.343 e. The minimum Gasteiger partial charge on any atom is -0.504 e. The van der Waals surface area contributed by atoms with Gasteiger partial charge in [-0.25, -0.2) is 4.79 Å². The molecule has 0 aromatic heterocycles. The van der Waals surface area contributed by atoms with Crippen LogP contribution < -0.4 is 4.74 Å². The van der Waals surface area contributed by atoms with Crippen LogP contribution in [0.3, 0.4) is 0 Å². The van der Waals surface area contributed by atoms with Gasteiger partial charge in [0.2, 0.25) is 0 Å². The number of methoxy groups -OCH3 is 1. The summed E-state index contributed by atoms with van der Waals surface area (Å²) < 4.78 is 5.06. The van der Waals surface area contributed by atoms with E-state index in [1.54, 1.807) is 0 Å². The van der Waals surface area contributed by atoms with Gasteiger partial charge in [-0.1, -0.05) is 13.8 Å². The molecule has 1 aromatic rings. The first-order valence-corrected chi connectivity index (χ1v) is 5.36. The SMILES string of the molecule is CCc1c(O)c(O)c(C(=O)O)c(OC)c1CC. The van der Waals surface area contributed by atoms with Crippen LogP contribution in [0.5, 0.6) is 17.2 Å². The Labute approximate surface area is 99.3 Å². The van der Waals surface area contributed by atoms with E-state index >= 15 is 0 Å². The molecule has 0 atom stereocenters. The molecule has 3 N–H and O–H groups in total. The molecule has 1 aromatic carbocycles. The molecule has 0 aliphatic heterocycles. The van der Waals surface area contributed by atoms with Crippen molar-refractivity contribution >= 4 is 5.97 Å². The molecule has 0 saturated carbocycles. The van der Waals surface area contributed by atoms with Crippen molar-refractivity contribution < 1.29 is 24.9 Å². The molecule has 0 radical (unpaired) electrons. The summed E-state index contributed by atoms with van der Waals surface area (Å²) in [6.45, 7) is 3.65. The summed E-state index contributed by atoms with van der Waals surface area (Å²) in [7, 11) is 1.34. The Morgan fingerprint density at radius 1 is 1.12 bits per heavy atom. The maximum absolute atomic E-state index is 11.1. The first-order valence-electron chi connectivity index (χ1n) is 5.36. The van der Waals surface area contributed by atoms with Crippen molar-refractivity contribution in [2.45, 2.75) is 26.7 Å². The third-order valence-corrected chi connectivity index (χ3v) is 2.74. The number of phenols is 2. The van der Waals surface area contributed by atoms with Crippen LogP contribution in [0.2, 0.25) is 0 Å². The highest BCUT2D eigenvalue weighted by Gasteiger charge is 2.26. The largest absolute Gasteiger partial charge is 0.504 e. The van der Waals surface area contributed by atoms with Gasteiger partial charge in [-0.3, -0.25) is 0 Å². The van der Waals surface area contributed by atoms with Crippen LogP contribution in [0.1, 0.15) is 35.3 Å². The fraction of sp³-hybridized carbons (Fsp3) is 0.417. The predicted octanol–water partition coefficient (Wildman–Crippen LogP) is 1.93. The summed E-state index contributed by atoms with van der Waals surface area (Å²) >= 11 is 0. The van der Waals surface area contributed by atoms with Crippen molar-refractivity contribution in [3.8, 4) is 17.2 Å². The average Bonchev–Trinajstić information content (AvgIpc) is 2.30. The molecule has 0 aliphatic rings. The van der Waals surface area contributed by atoms with E-state index in [2.05, 4.69) is 0 Å². The number of hydrogen-bond acceptors (Lipinski definition) is 4. The van der Waals surface area contributed by atoms with Crippen LogP contribution in [0, 0.1) is 0 Å². The highest BCUT2D eigenvalue weighted by molar-refractivity contribution is 5.96. The zero-order chi connectivity index (χ0) is 13.2. The van der Waals surface area contributed by atoms with Gasteiger partial charge in [0.05, 0.1) is 7.11 Å². The van der Waals surface area contributed by atoms with Crippen LogP contribution in [-0.4, -0.2) is 28.4 Å². The first-order chi connectivity index (χ1) is 7.99. The number of carboxylic acid groups (broad SMARTS) is 1. The fourth-order valence-corrected chi connectivity index (χ4v) is 1.98. The number of carboxylic acids is 1. The summed E-state index contributed by atoms with van der Waals surface area (Å²) in [6, 6.07) is 0. The lowest BCUT2D eigenvalue weighted by molar-refractivity contribution is 0.0689. The number of benzene rings is 1. The number of carbonyl (C=O) groups is 1. The Bertz CT molecular complexity index is 451. The van der Waals surface area contributed by atoms with E-state index in [0.29, 0.717) is 24.0 Å². The monoisotopic (exact) mass is 240 g/mol. The van der Waals surface area contributed by atoms with E-state index in [-0.39, 0.29) is 17.1 Å². The van der Waals surface area contributed by atoms with Gasteiger partial charge in [0, 0.05) is 11.1 Å². The summed E-state index contributed by atoms with van der Waals surface area (Å²) in [6.07, 6.45) is 0.999.